The second kappa shape index (κ2) is 5.05. The number of benzene rings is 1. The van der Waals surface area contributed by atoms with Gasteiger partial charge in [0, 0.05) is 17.8 Å². The van der Waals surface area contributed by atoms with Gasteiger partial charge in [0.2, 0.25) is 0 Å². The SMILES string of the molecule is O=C(N/N=C/c1ccc[nH]1)c1cc(O)cc(O)c1. The molecular weight excluding hydrogens is 234 g/mol. The van der Waals surface area contributed by atoms with E-state index in [0.29, 0.717) is 0 Å². The molecule has 4 N–H and O–H groups in total. The molecular formula is C12H11N3O3. The Labute approximate surface area is 103 Å². The smallest absolute Gasteiger partial charge is 0.271 e. The van der Waals surface area contributed by atoms with Crippen LogP contribution in [0.4, 0.5) is 0 Å². The molecule has 0 radical (unpaired) electrons. The molecule has 1 aromatic heterocycles. The van der Waals surface area contributed by atoms with Gasteiger partial charge >= 0.3 is 0 Å². The number of rotatable bonds is 3. The molecule has 0 aliphatic carbocycles. The van der Waals surface area contributed by atoms with Gasteiger partial charge < -0.3 is 15.2 Å². The number of amides is 1. The molecule has 2 rings (SSSR count). The van der Waals surface area contributed by atoms with Gasteiger partial charge in [-0.15, -0.1) is 0 Å². The first-order valence-electron chi connectivity index (χ1n) is 5.15. The van der Waals surface area contributed by atoms with Crippen LogP contribution >= 0.6 is 0 Å². The van der Waals surface area contributed by atoms with Crippen LogP contribution in [-0.4, -0.2) is 27.3 Å². The minimum Gasteiger partial charge on any atom is -0.508 e. The van der Waals surface area contributed by atoms with Gasteiger partial charge in [0.25, 0.3) is 5.91 Å². The number of nitrogens with zero attached hydrogens (tertiary/aromatic N) is 1. The first-order valence-corrected chi connectivity index (χ1v) is 5.15. The van der Waals surface area contributed by atoms with Crippen LogP contribution in [0, 0.1) is 0 Å². The monoisotopic (exact) mass is 245 g/mol. The molecule has 18 heavy (non-hydrogen) atoms. The highest BCUT2D eigenvalue weighted by molar-refractivity contribution is 5.95. The van der Waals surface area contributed by atoms with Crippen LogP contribution in [0.3, 0.4) is 0 Å². The van der Waals surface area contributed by atoms with E-state index in [-0.39, 0.29) is 17.1 Å². The Balaban J connectivity index is 2.03. The number of carbonyl (C=O) groups excluding carboxylic acids is 1. The number of phenolic OH excluding ortho intramolecular Hbond substituents is 2. The molecule has 2 aromatic rings. The fourth-order valence-electron chi connectivity index (χ4n) is 1.38. The molecule has 1 aromatic carbocycles. The van der Waals surface area contributed by atoms with E-state index in [0.717, 1.165) is 11.8 Å². The largest absolute Gasteiger partial charge is 0.508 e. The third-order valence-corrected chi connectivity index (χ3v) is 2.16. The van der Waals surface area contributed by atoms with Crippen LogP contribution in [-0.2, 0) is 0 Å². The summed E-state index contributed by atoms with van der Waals surface area (Å²) in [5.41, 5.74) is 3.15. The average molecular weight is 245 g/mol. The number of H-pyrrole nitrogens is 1. The maximum Gasteiger partial charge on any atom is 0.271 e. The normalized spacial score (nSPS) is 10.7. The average Bonchev–Trinajstić information content (AvgIpc) is 2.80. The number of aromatic hydroxyl groups is 2. The van der Waals surface area contributed by atoms with E-state index < -0.39 is 5.91 Å². The third kappa shape index (κ3) is 2.88. The summed E-state index contributed by atoms with van der Waals surface area (Å²) in [6.45, 7) is 0. The third-order valence-electron chi connectivity index (χ3n) is 2.16. The standard InChI is InChI=1S/C12H11N3O3/c16-10-4-8(5-11(17)6-10)12(18)15-14-7-9-2-1-3-13-9/h1-7,13,16-17H,(H,15,18)/b14-7+. The Kier molecular flexibility index (Phi) is 3.29. The van der Waals surface area contributed by atoms with Gasteiger partial charge in [-0.3, -0.25) is 4.79 Å². The summed E-state index contributed by atoms with van der Waals surface area (Å²) < 4.78 is 0. The highest BCUT2D eigenvalue weighted by atomic mass is 16.3. The van der Waals surface area contributed by atoms with Crippen molar-refractivity contribution in [2.75, 3.05) is 0 Å². The highest BCUT2D eigenvalue weighted by Crippen LogP contribution is 2.20. The van der Waals surface area contributed by atoms with Crippen molar-refractivity contribution in [1.82, 2.24) is 10.4 Å². The number of carbonyl (C=O) groups is 1. The van der Waals surface area contributed by atoms with E-state index in [1.807, 2.05) is 0 Å². The number of hydrazone groups is 1. The minimum absolute atomic E-state index is 0.121. The summed E-state index contributed by atoms with van der Waals surface area (Å²) >= 11 is 0. The van der Waals surface area contributed by atoms with E-state index >= 15 is 0 Å². The Morgan fingerprint density at radius 2 is 2.00 bits per heavy atom. The molecule has 0 aliphatic rings. The van der Waals surface area contributed by atoms with Gasteiger partial charge in [-0.25, -0.2) is 5.43 Å². The molecule has 6 nitrogen and oxygen atoms in total. The van der Waals surface area contributed by atoms with Crippen LogP contribution in [0.5, 0.6) is 11.5 Å². The fraction of sp³-hybridized carbons (Fsp3) is 0. The molecule has 0 saturated heterocycles. The second-order valence-corrected chi connectivity index (χ2v) is 3.56. The summed E-state index contributed by atoms with van der Waals surface area (Å²) in [6, 6.07) is 7.20. The molecule has 0 fully saturated rings. The van der Waals surface area contributed by atoms with Crippen molar-refractivity contribution in [3.05, 3.63) is 47.8 Å². The molecule has 0 aliphatic heterocycles. The zero-order chi connectivity index (χ0) is 13.0. The van der Waals surface area contributed by atoms with Crippen molar-refractivity contribution in [3.8, 4) is 11.5 Å². The summed E-state index contributed by atoms with van der Waals surface area (Å²) in [4.78, 5) is 14.5. The lowest BCUT2D eigenvalue weighted by molar-refractivity contribution is 0.0954. The molecule has 92 valence electrons. The van der Waals surface area contributed by atoms with Crippen LogP contribution in [0.1, 0.15) is 16.1 Å². The van der Waals surface area contributed by atoms with E-state index in [1.54, 1.807) is 18.3 Å². The molecule has 6 heteroatoms. The lowest BCUT2D eigenvalue weighted by atomic mass is 10.2. The molecule has 0 bridgehead atoms. The van der Waals surface area contributed by atoms with Crippen molar-refractivity contribution < 1.29 is 15.0 Å². The van der Waals surface area contributed by atoms with Crippen LogP contribution in [0.2, 0.25) is 0 Å². The minimum atomic E-state index is -0.524. The summed E-state index contributed by atoms with van der Waals surface area (Å²) in [7, 11) is 0. The summed E-state index contributed by atoms with van der Waals surface area (Å²) in [5, 5.41) is 22.2. The Bertz CT molecular complexity index is 556. The van der Waals surface area contributed by atoms with Crippen molar-refractivity contribution in [1.29, 1.82) is 0 Å². The topological polar surface area (TPSA) is 97.7 Å². The van der Waals surface area contributed by atoms with Crippen LogP contribution < -0.4 is 5.43 Å². The molecule has 0 saturated carbocycles. The van der Waals surface area contributed by atoms with Gasteiger partial charge in [-0.05, 0) is 24.3 Å². The van der Waals surface area contributed by atoms with E-state index in [2.05, 4.69) is 15.5 Å². The van der Waals surface area contributed by atoms with Crippen molar-refractivity contribution in [2.24, 2.45) is 5.10 Å². The molecule has 0 atom stereocenters. The number of aromatic amines is 1. The molecule has 0 spiro atoms. The predicted octanol–water partition coefficient (Wildman–Crippen LogP) is 1.19. The number of hydrogen-bond acceptors (Lipinski definition) is 4. The van der Waals surface area contributed by atoms with Gasteiger partial charge in [0.1, 0.15) is 11.5 Å². The lowest BCUT2D eigenvalue weighted by Crippen LogP contribution is -2.17. The van der Waals surface area contributed by atoms with E-state index in [4.69, 9.17) is 0 Å². The number of phenols is 2. The van der Waals surface area contributed by atoms with Gasteiger partial charge in [0.05, 0.1) is 11.9 Å². The van der Waals surface area contributed by atoms with Crippen molar-refractivity contribution >= 4 is 12.1 Å². The van der Waals surface area contributed by atoms with Crippen molar-refractivity contribution in [2.45, 2.75) is 0 Å². The Hall–Kier alpha value is -2.76. The van der Waals surface area contributed by atoms with Gasteiger partial charge in [-0.1, -0.05) is 0 Å². The van der Waals surface area contributed by atoms with E-state index in [1.165, 1.54) is 18.3 Å². The van der Waals surface area contributed by atoms with Crippen LogP contribution in [0.15, 0.2) is 41.6 Å². The number of hydrogen-bond donors (Lipinski definition) is 4. The first-order chi connectivity index (χ1) is 8.65. The van der Waals surface area contributed by atoms with E-state index in [9.17, 15) is 15.0 Å². The summed E-state index contributed by atoms with van der Waals surface area (Å²) in [6.07, 6.45) is 3.18. The molecule has 1 amide bonds. The highest BCUT2D eigenvalue weighted by Gasteiger charge is 2.07. The zero-order valence-corrected chi connectivity index (χ0v) is 9.29. The van der Waals surface area contributed by atoms with Gasteiger partial charge in [0.15, 0.2) is 0 Å². The fourth-order valence-corrected chi connectivity index (χ4v) is 1.38. The lowest BCUT2D eigenvalue weighted by Gasteiger charge is -2.01. The first kappa shape index (κ1) is 11.7. The molecule has 0 unspecified atom stereocenters. The Morgan fingerprint density at radius 3 is 2.61 bits per heavy atom. The maximum atomic E-state index is 11.6. The van der Waals surface area contributed by atoms with Crippen LogP contribution in [0.25, 0.3) is 0 Å². The maximum absolute atomic E-state index is 11.6. The summed E-state index contributed by atoms with van der Waals surface area (Å²) in [5.74, 6) is -0.897. The van der Waals surface area contributed by atoms with Gasteiger partial charge in [-0.2, -0.15) is 5.10 Å². The zero-order valence-electron chi connectivity index (χ0n) is 9.29. The quantitative estimate of drug-likeness (QED) is 0.483. The second-order valence-electron chi connectivity index (χ2n) is 3.56. The number of nitrogens with one attached hydrogen (secondary N) is 2. The number of aromatic nitrogens is 1. The Morgan fingerprint density at radius 1 is 1.28 bits per heavy atom. The predicted molar refractivity (Wildman–Crippen MR) is 65.6 cm³/mol. The van der Waals surface area contributed by atoms with Crippen molar-refractivity contribution in [3.63, 3.8) is 0 Å². The molecule has 1 heterocycles.